The Balaban J connectivity index is 1.48. The molecule has 2 N–H and O–H groups in total. The number of anilines is 1. The van der Waals surface area contributed by atoms with Crippen molar-refractivity contribution in [1.82, 2.24) is 10.1 Å². The lowest BCUT2D eigenvalue weighted by Gasteiger charge is -2.29. The molecule has 9 heteroatoms. The van der Waals surface area contributed by atoms with Crippen molar-refractivity contribution in [3.05, 3.63) is 46.7 Å². The van der Waals surface area contributed by atoms with Gasteiger partial charge in [0.1, 0.15) is 5.76 Å². The van der Waals surface area contributed by atoms with Gasteiger partial charge in [0.05, 0.1) is 17.1 Å². The van der Waals surface area contributed by atoms with Gasteiger partial charge in [0, 0.05) is 19.2 Å². The summed E-state index contributed by atoms with van der Waals surface area (Å²) >= 11 is 1.22. The number of carbonyl (C=O) groups excluding carboxylic acids is 2. The van der Waals surface area contributed by atoms with Gasteiger partial charge in [-0.3, -0.25) is 9.59 Å². The van der Waals surface area contributed by atoms with Gasteiger partial charge < -0.3 is 19.8 Å². The van der Waals surface area contributed by atoms with Crippen molar-refractivity contribution in [2.24, 2.45) is 0 Å². The van der Waals surface area contributed by atoms with E-state index in [9.17, 15) is 14.4 Å². The van der Waals surface area contributed by atoms with E-state index in [4.69, 9.17) is 9.63 Å². The van der Waals surface area contributed by atoms with Gasteiger partial charge in [-0.2, -0.15) is 0 Å². The average molecular weight is 389 g/mol. The smallest absolute Gasteiger partial charge is 0.335 e. The van der Waals surface area contributed by atoms with Crippen molar-refractivity contribution < 1.29 is 24.0 Å². The maximum Gasteiger partial charge on any atom is 0.335 e. The molecule has 1 aliphatic rings. The molecule has 2 aromatic rings. The number of benzene rings is 1. The first-order valence-corrected chi connectivity index (χ1v) is 9.51. The van der Waals surface area contributed by atoms with Crippen LogP contribution in [-0.4, -0.2) is 51.0 Å². The lowest BCUT2D eigenvalue weighted by atomic mass is 9.97. The Hall–Kier alpha value is -2.81. The molecular weight excluding hydrogens is 370 g/mol. The number of amides is 2. The third-order valence-electron chi connectivity index (χ3n) is 4.17. The number of hydrogen-bond donors (Lipinski definition) is 2. The maximum atomic E-state index is 12.4. The molecule has 3 rings (SSSR count). The highest BCUT2D eigenvalue weighted by Gasteiger charge is 2.22. The number of fused-ring (bicyclic) bond motifs is 1. The van der Waals surface area contributed by atoms with E-state index in [0.29, 0.717) is 31.1 Å². The van der Waals surface area contributed by atoms with Crippen molar-refractivity contribution >= 4 is 35.4 Å². The van der Waals surface area contributed by atoms with Crippen LogP contribution in [0.5, 0.6) is 0 Å². The number of carboxylic acids is 1. The molecule has 0 bridgehead atoms. The monoisotopic (exact) mass is 389 g/mol. The number of nitrogens with one attached hydrogen (secondary N) is 1. The summed E-state index contributed by atoms with van der Waals surface area (Å²) in [6.45, 7) is 2.70. The van der Waals surface area contributed by atoms with E-state index in [0.717, 1.165) is 11.1 Å². The quantitative estimate of drug-likeness (QED) is 0.776. The third kappa shape index (κ3) is 4.88. The molecular formula is C18H19N3O5S. The minimum atomic E-state index is -0.981. The number of aromatic carboxylic acids is 1. The minimum absolute atomic E-state index is 0.0727. The van der Waals surface area contributed by atoms with Crippen molar-refractivity contribution in [2.45, 2.75) is 19.9 Å². The molecule has 1 aromatic carbocycles. The summed E-state index contributed by atoms with van der Waals surface area (Å²) in [6, 6.07) is 6.64. The number of aryl methyl sites for hydroxylation is 1. The first-order valence-electron chi connectivity index (χ1n) is 8.36. The van der Waals surface area contributed by atoms with Gasteiger partial charge in [0.2, 0.25) is 11.8 Å². The molecule has 2 amide bonds. The SMILES string of the molecule is Cc1cc(NC(=O)CSCC(=O)N2CCc3ccc(C(=O)O)cc3C2)no1. The summed E-state index contributed by atoms with van der Waals surface area (Å²) in [5.41, 5.74) is 2.15. The summed E-state index contributed by atoms with van der Waals surface area (Å²) in [4.78, 5) is 37.1. The van der Waals surface area contributed by atoms with Gasteiger partial charge in [0.25, 0.3) is 0 Å². The number of aromatic nitrogens is 1. The predicted molar refractivity (Wildman–Crippen MR) is 99.7 cm³/mol. The van der Waals surface area contributed by atoms with Gasteiger partial charge in [-0.25, -0.2) is 4.79 Å². The Labute approximate surface area is 159 Å². The van der Waals surface area contributed by atoms with Gasteiger partial charge >= 0.3 is 5.97 Å². The molecule has 2 heterocycles. The first-order chi connectivity index (χ1) is 12.9. The van der Waals surface area contributed by atoms with Crippen LogP contribution < -0.4 is 5.32 Å². The van der Waals surface area contributed by atoms with E-state index >= 15 is 0 Å². The lowest BCUT2D eigenvalue weighted by Crippen LogP contribution is -2.37. The minimum Gasteiger partial charge on any atom is -0.478 e. The van der Waals surface area contributed by atoms with Crippen LogP contribution in [0.2, 0.25) is 0 Å². The molecule has 8 nitrogen and oxygen atoms in total. The van der Waals surface area contributed by atoms with E-state index in [1.165, 1.54) is 11.8 Å². The molecule has 0 saturated heterocycles. The molecule has 0 aliphatic carbocycles. The Morgan fingerprint density at radius 1 is 1.26 bits per heavy atom. The van der Waals surface area contributed by atoms with Gasteiger partial charge in [-0.05, 0) is 36.6 Å². The molecule has 27 heavy (non-hydrogen) atoms. The van der Waals surface area contributed by atoms with Crippen LogP contribution in [0.15, 0.2) is 28.8 Å². The molecule has 142 valence electrons. The van der Waals surface area contributed by atoms with Crippen molar-refractivity contribution in [3.8, 4) is 0 Å². The summed E-state index contributed by atoms with van der Waals surface area (Å²) < 4.78 is 4.87. The van der Waals surface area contributed by atoms with E-state index in [2.05, 4.69) is 10.5 Å². The zero-order chi connectivity index (χ0) is 19.4. The number of thioether (sulfide) groups is 1. The lowest BCUT2D eigenvalue weighted by molar-refractivity contribution is -0.129. The van der Waals surface area contributed by atoms with Crippen LogP contribution >= 0.6 is 11.8 Å². The summed E-state index contributed by atoms with van der Waals surface area (Å²) in [5.74, 6) is -0.0431. The second-order valence-electron chi connectivity index (χ2n) is 6.22. The molecule has 0 atom stereocenters. The van der Waals surface area contributed by atoms with E-state index in [1.54, 1.807) is 30.0 Å². The highest BCUT2D eigenvalue weighted by atomic mass is 32.2. The zero-order valence-corrected chi connectivity index (χ0v) is 15.5. The number of carboxylic acid groups (broad SMARTS) is 1. The van der Waals surface area contributed by atoms with Gasteiger partial charge in [-0.15, -0.1) is 11.8 Å². The topological polar surface area (TPSA) is 113 Å². The Morgan fingerprint density at radius 3 is 2.78 bits per heavy atom. The summed E-state index contributed by atoms with van der Waals surface area (Å²) in [7, 11) is 0. The second-order valence-corrected chi connectivity index (χ2v) is 7.20. The number of rotatable bonds is 6. The highest BCUT2D eigenvalue weighted by molar-refractivity contribution is 8.00. The highest BCUT2D eigenvalue weighted by Crippen LogP contribution is 2.21. The van der Waals surface area contributed by atoms with Crippen LogP contribution in [-0.2, 0) is 22.6 Å². The maximum absolute atomic E-state index is 12.4. The Bertz CT molecular complexity index is 880. The molecule has 1 aromatic heterocycles. The second kappa shape index (κ2) is 8.26. The number of nitrogens with zero attached hydrogens (tertiary/aromatic N) is 2. The first kappa shape index (κ1) is 19.0. The molecule has 0 fully saturated rings. The Morgan fingerprint density at radius 2 is 2.07 bits per heavy atom. The van der Waals surface area contributed by atoms with Gasteiger partial charge in [0.15, 0.2) is 5.82 Å². The Kier molecular flexibility index (Phi) is 5.80. The van der Waals surface area contributed by atoms with E-state index in [1.807, 2.05) is 6.07 Å². The molecule has 0 radical (unpaired) electrons. The van der Waals surface area contributed by atoms with Crippen molar-refractivity contribution in [1.29, 1.82) is 0 Å². The summed E-state index contributed by atoms with van der Waals surface area (Å²) in [6.07, 6.45) is 0.692. The van der Waals surface area contributed by atoms with Crippen LogP contribution in [0.3, 0.4) is 0 Å². The fraction of sp³-hybridized carbons (Fsp3) is 0.333. The normalized spacial score (nSPS) is 13.1. The average Bonchev–Trinajstić information content (AvgIpc) is 3.05. The summed E-state index contributed by atoms with van der Waals surface area (Å²) in [5, 5.41) is 15.4. The molecule has 0 spiro atoms. The third-order valence-corrected chi connectivity index (χ3v) is 5.09. The fourth-order valence-corrected chi connectivity index (χ4v) is 3.55. The van der Waals surface area contributed by atoms with Crippen LogP contribution in [0.25, 0.3) is 0 Å². The number of hydrogen-bond acceptors (Lipinski definition) is 6. The van der Waals surface area contributed by atoms with Crippen LogP contribution in [0, 0.1) is 6.92 Å². The van der Waals surface area contributed by atoms with Gasteiger partial charge in [-0.1, -0.05) is 11.2 Å². The van der Waals surface area contributed by atoms with Crippen LogP contribution in [0.1, 0.15) is 27.2 Å². The van der Waals surface area contributed by atoms with Crippen molar-refractivity contribution in [2.75, 3.05) is 23.4 Å². The standard InChI is InChI=1S/C18H19N3O5S/c1-11-6-15(20-26-11)19-16(22)9-27-10-17(23)21-5-4-12-2-3-13(18(24)25)7-14(12)8-21/h2-3,6-7H,4-5,8-10H2,1H3,(H,24,25)(H,19,20,22). The fourth-order valence-electron chi connectivity index (χ4n) is 2.83. The number of carbonyl (C=O) groups is 3. The molecule has 1 aliphatic heterocycles. The van der Waals surface area contributed by atoms with Crippen molar-refractivity contribution in [3.63, 3.8) is 0 Å². The largest absolute Gasteiger partial charge is 0.478 e. The van der Waals surface area contributed by atoms with E-state index < -0.39 is 5.97 Å². The van der Waals surface area contributed by atoms with E-state index in [-0.39, 0.29) is 28.9 Å². The zero-order valence-electron chi connectivity index (χ0n) is 14.7. The van der Waals surface area contributed by atoms with Crippen LogP contribution in [0.4, 0.5) is 5.82 Å². The predicted octanol–water partition coefficient (Wildman–Crippen LogP) is 1.94. The molecule has 0 unspecified atom stereocenters. The molecule has 0 saturated carbocycles.